The Labute approximate surface area is 249 Å². The lowest BCUT2D eigenvalue weighted by atomic mass is 9.93. The van der Waals surface area contributed by atoms with Crippen LogP contribution in [-0.2, 0) is 0 Å². The van der Waals surface area contributed by atoms with Crippen molar-refractivity contribution in [2.24, 2.45) is 5.92 Å². The number of rotatable bonds is 30. The van der Waals surface area contributed by atoms with Crippen molar-refractivity contribution in [3.05, 3.63) is 12.4 Å². The minimum atomic E-state index is 0.646. The Balaban J connectivity index is 1.89. The molecule has 2 nitrogen and oxygen atoms in total. The van der Waals surface area contributed by atoms with E-state index in [0.717, 1.165) is 0 Å². The molecule has 0 saturated heterocycles. The summed E-state index contributed by atoms with van der Waals surface area (Å²) in [6, 6.07) is 0. The fourth-order valence-corrected chi connectivity index (χ4v) is 6.39. The van der Waals surface area contributed by atoms with Crippen LogP contribution >= 0.6 is 31.9 Å². The maximum Gasteiger partial charge on any atom is 0.299 e. The third-order valence-corrected chi connectivity index (χ3v) is 9.15. The maximum atomic E-state index is 4.61. The normalized spacial score (nSPS) is 13.7. The van der Waals surface area contributed by atoms with Gasteiger partial charge in [0.25, 0.3) is 5.84 Å². The number of nitrogens with zero attached hydrogens (tertiary/aromatic N) is 1. The second-order valence-corrected chi connectivity index (χ2v) is 13.1. The smallest absolute Gasteiger partial charge is 0.244 e. The van der Waals surface area contributed by atoms with Gasteiger partial charge in [0.2, 0.25) is 0 Å². The van der Waals surface area contributed by atoms with Gasteiger partial charge in [0.1, 0.15) is 6.20 Å². The van der Waals surface area contributed by atoms with Gasteiger partial charge in [-0.3, -0.25) is 0 Å². The Bertz CT molecular complexity index is 520. The van der Waals surface area contributed by atoms with Crippen LogP contribution in [0.25, 0.3) is 0 Å². The predicted octanol–water partition coefficient (Wildman–Crippen LogP) is 11.7. The van der Waals surface area contributed by atoms with Gasteiger partial charge in [-0.05, 0) is 25.7 Å². The van der Waals surface area contributed by atoms with E-state index in [1.165, 1.54) is 190 Å². The fraction of sp³-hybridized carbons (Fsp3) is 0.909. The second kappa shape index (κ2) is 29.2. The van der Waals surface area contributed by atoms with Gasteiger partial charge in [0.15, 0.2) is 6.20 Å². The average Bonchev–Trinajstić information content (AvgIpc) is 3.45. The standard InChI is InChI=1S/C33H62Br2N2/c34-28-24-20-16-12-9-7-5-3-1-2-4-6-8-10-14-18-22-26-32(33-36-30-31-37-33)27-23-19-15-11-13-17-21-25-29-35/h30-32,36H,1-29H2/q+1. The molecule has 4 heteroatoms. The number of nitrogens with one attached hydrogen (secondary N) is 1. The highest BCUT2D eigenvalue weighted by Gasteiger charge is 2.24. The Kier molecular flexibility index (Phi) is 27.7. The SMILES string of the molecule is BrCCCCCCCCCCCCCCCCCCCC(CCCCCCCCCCBr)C1=[N+]C=CN1. The van der Waals surface area contributed by atoms with Gasteiger partial charge in [-0.25, -0.2) is 5.32 Å². The van der Waals surface area contributed by atoms with Crippen LogP contribution in [0, 0.1) is 5.92 Å². The van der Waals surface area contributed by atoms with Gasteiger partial charge in [-0.15, -0.1) is 0 Å². The summed E-state index contributed by atoms with van der Waals surface area (Å²) < 4.78 is 0. The molecule has 0 aromatic carbocycles. The number of amidine groups is 1. The minimum absolute atomic E-state index is 0.646. The van der Waals surface area contributed by atoms with Crippen LogP contribution in [0.15, 0.2) is 12.4 Å². The molecule has 1 atom stereocenters. The molecule has 0 fully saturated rings. The van der Waals surface area contributed by atoms with E-state index < -0.39 is 0 Å². The largest absolute Gasteiger partial charge is 0.299 e. The van der Waals surface area contributed by atoms with Gasteiger partial charge in [-0.2, -0.15) is 0 Å². The molecule has 1 radical (unpaired) electrons. The van der Waals surface area contributed by atoms with Crippen molar-refractivity contribution in [3.63, 3.8) is 0 Å². The van der Waals surface area contributed by atoms with Crippen molar-refractivity contribution < 1.29 is 0 Å². The average molecular weight is 647 g/mol. The lowest BCUT2D eigenvalue weighted by Gasteiger charge is -2.12. The molecule has 0 amide bonds. The molecule has 1 aliphatic rings. The van der Waals surface area contributed by atoms with E-state index in [0.29, 0.717) is 5.92 Å². The molecule has 37 heavy (non-hydrogen) atoms. The molecule has 1 heterocycles. The van der Waals surface area contributed by atoms with E-state index in [2.05, 4.69) is 42.2 Å². The molecule has 0 aromatic rings. The molecule has 0 spiro atoms. The van der Waals surface area contributed by atoms with Crippen LogP contribution in [0.1, 0.15) is 173 Å². The van der Waals surface area contributed by atoms with E-state index in [1.807, 2.05) is 12.4 Å². The summed E-state index contributed by atoms with van der Waals surface area (Å²) in [5, 5.41) is 5.76. The zero-order valence-corrected chi connectivity index (χ0v) is 27.6. The molecule has 217 valence electrons. The first-order valence-corrected chi connectivity index (χ1v) is 18.7. The number of unbranched alkanes of at least 4 members (excludes halogenated alkanes) is 23. The number of halogens is 2. The van der Waals surface area contributed by atoms with Crippen LogP contribution in [0.4, 0.5) is 0 Å². The maximum absolute atomic E-state index is 4.61. The summed E-state index contributed by atoms with van der Waals surface area (Å²) >= 11 is 7.05. The van der Waals surface area contributed by atoms with Crippen molar-refractivity contribution in [2.75, 3.05) is 10.7 Å². The van der Waals surface area contributed by atoms with Crippen molar-refractivity contribution in [1.29, 1.82) is 0 Å². The molecule has 1 aliphatic heterocycles. The van der Waals surface area contributed by atoms with Crippen LogP contribution in [-0.4, -0.2) is 16.5 Å². The zero-order valence-electron chi connectivity index (χ0n) is 24.4. The third-order valence-electron chi connectivity index (χ3n) is 8.03. The third kappa shape index (κ3) is 23.7. The van der Waals surface area contributed by atoms with E-state index in [4.69, 9.17) is 0 Å². The Hall–Kier alpha value is 0.170. The number of alkyl halides is 2. The molecular formula is C33H62Br2N2+. The zero-order chi connectivity index (χ0) is 26.5. The van der Waals surface area contributed by atoms with E-state index in [-0.39, 0.29) is 0 Å². The highest BCUT2D eigenvalue weighted by Crippen LogP contribution is 2.21. The van der Waals surface area contributed by atoms with Gasteiger partial charge in [0, 0.05) is 10.7 Å². The van der Waals surface area contributed by atoms with Crippen molar-refractivity contribution in [3.8, 4) is 0 Å². The predicted molar refractivity (Wildman–Crippen MR) is 175 cm³/mol. The van der Waals surface area contributed by atoms with Crippen LogP contribution in [0.2, 0.25) is 0 Å². The number of hydrogen-bond acceptors (Lipinski definition) is 2. The first-order chi connectivity index (χ1) is 18.4. The van der Waals surface area contributed by atoms with E-state index in [1.54, 1.807) is 0 Å². The van der Waals surface area contributed by atoms with Gasteiger partial charge in [-0.1, -0.05) is 185 Å². The van der Waals surface area contributed by atoms with E-state index >= 15 is 0 Å². The Morgan fingerprint density at radius 1 is 0.459 bits per heavy atom. The van der Waals surface area contributed by atoms with Crippen LogP contribution in [0.3, 0.4) is 0 Å². The summed E-state index contributed by atoms with van der Waals surface area (Å²) in [5.74, 6) is 1.88. The summed E-state index contributed by atoms with van der Waals surface area (Å²) in [6.45, 7) is 0. The highest BCUT2D eigenvalue weighted by molar-refractivity contribution is 9.09. The van der Waals surface area contributed by atoms with Gasteiger partial charge >= 0.3 is 0 Å². The Morgan fingerprint density at radius 3 is 1.03 bits per heavy atom. The first-order valence-electron chi connectivity index (χ1n) is 16.5. The monoisotopic (exact) mass is 644 g/mol. The van der Waals surface area contributed by atoms with Crippen LogP contribution in [0.5, 0.6) is 0 Å². The van der Waals surface area contributed by atoms with E-state index in [9.17, 15) is 0 Å². The van der Waals surface area contributed by atoms with Crippen molar-refractivity contribution >= 4 is 37.7 Å². The second-order valence-electron chi connectivity index (χ2n) is 11.5. The topological polar surface area (TPSA) is 26.1 Å². The molecular weight excluding hydrogens is 584 g/mol. The van der Waals surface area contributed by atoms with Crippen molar-refractivity contribution in [1.82, 2.24) is 10.3 Å². The molecule has 0 bridgehead atoms. The van der Waals surface area contributed by atoms with Gasteiger partial charge < -0.3 is 0 Å². The number of hydrogen-bond donors (Lipinski definition) is 1. The summed E-state index contributed by atoms with van der Waals surface area (Å²) in [6.07, 6.45) is 42.2. The summed E-state index contributed by atoms with van der Waals surface area (Å²) in [4.78, 5) is 4.61. The summed E-state index contributed by atoms with van der Waals surface area (Å²) in [7, 11) is 0. The van der Waals surface area contributed by atoms with Crippen LogP contribution < -0.4 is 10.3 Å². The Morgan fingerprint density at radius 2 is 0.757 bits per heavy atom. The number of aliphatic imine (C=N–C) groups is 1. The summed E-state index contributed by atoms with van der Waals surface area (Å²) in [5.41, 5.74) is 0. The molecule has 0 saturated carbocycles. The lowest BCUT2D eigenvalue weighted by molar-refractivity contribution is 0.474. The highest BCUT2D eigenvalue weighted by atomic mass is 79.9. The van der Waals surface area contributed by atoms with Gasteiger partial charge in [0.05, 0.1) is 5.92 Å². The molecule has 1 rings (SSSR count). The molecule has 0 aliphatic carbocycles. The molecule has 0 aromatic heterocycles. The van der Waals surface area contributed by atoms with Crippen molar-refractivity contribution in [2.45, 2.75) is 173 Å². The lowest BCUT2D eigenvalue weighted by Crippen LogP contribution is -2.27. The minimum Gasteiger partial charge on any atom is -0.244 e. The fourth-order valence-electron chi connectivity index (χ4n) is 5.60. The quantitative estimate of drug-likeness (QED) is 0.0610. The first kappa shape index (κ1) is 35.2. The molecule has 1 unspecified atom stereocenters. The molecule has 1 N–H and O–H groups in total.